The van der Waals surface area contributed by atoms with E-state index in [0.717, 1.165) is 6.08 Å². The highest BCUT2D eigenvalue weighted by Crippen LogP contribution is 1.94. The molecule has 0 bridgehead atoms. The Kier molecular flexibility index (Phi) is 4.52. The van der Waals surface area contributed by atoms with E-state index < -0.39 is 18.4 Å². The van der Waals surface area contributed by atoms with Crippen molar-refractivity contribution in [1.29, 1.82) is 0 Å². The summed E-state index contributed by atoms with van der Waals surface area (Å²) in [5.74, 6) is -0.633. The van der Waals surface area contributed by atoms with Gasteiger partial charge in [-0.05, 0) is 0 Å². The molecule has 68 valence electrons. The number of esters is 1. The molecule has 0 heterocycles. The Morgan fingerprint density at radius 3 is 2.50 bits per heavy atom. The summed E-state index contributed by atoms with van der Waals surface area (Å²) >= 11 is 0. The van der Waals surface area contributed by atoms with Gasteiger partial charge >= 0.3 is 12.1 Å². The van der Waals surface area contributed by atoms with Crippen LogP contribution in [-0.2, 0) is 14.3 Å². The van der Waals surface area contributed by atoms with Gasteiger partial charge in [-0.25, -0.2) is 9.59 Å². The molecule has 0 fully saturated rings. The van der Waals surface area contributed by atoms with E-state index in [1.807, 2.05) is 0 Å². The molecule has 5 nitrogen and oxygen atoms in total. The highest BCUT2D eigenvalue weighted by Gasteiger charge is 2.09. The van der Waals surface area contributed by atoms with Gasteiger partial charge in [-0.1, -0.05) is 6.58 Å². The van der Waals surface area contributed by atoms with Crippen molar-refractivity contribution in [2.24, 2.45) is 0 Å². The van der Waals surface area contributed by atoms with Crippen LogP contribution in [0.15, 0.2) is 12.7 Å². The quantitative estimate of drug-likeness (QED) is 0.381. The summed E-state index contributed by atoms with van der Waals surface area (Å²) in [4.78, 5) is 21.1. The van der Waals surface area contributed by atoms with Gasteiger partial charge in [-0.3, -0.25) is 0 Å². The first-order valence-corrected chi connectivity index (χ1v) is 3.31. The fourth-order valence-electron chi connectivity index (χ4n) is 0.445. The molecule has 1 N–H and O–H groups in total. The van der Waals surface area contributed by atoms with Gasteiger partial charge in [-0.2, -0.15) is 0 Å². The largest absolute Gasteiger partial charge is 0.422 e. The van der Waals surface area contributed by atoms with Crippen LogP contribution >= 0.6 is 0 Å². The maximum Gasteiger partial charge on any atom is 0.409 e. The van der Waals surface area contributed by atoms with E-state index >= 15 is 0 Å². The number of carbonyl (C=O) groups excluding carboxylic acids is 2. The molecule has 1 unspecified atom stereocenters. The van der Waals surface area contributed by atoms with Crippen LogP contribution in [0.4, 0.5) is 4.79 Å². The summed E-state index contributed by atoms with van der Waals surface area (Å²) in [6, 6.07) is 0. The lowest BCUT2D eigenvalue weighted by atomic mass is 10.6. The van der Waals surface area contributed by atoms with Crippen molar-refractivity contribution in [2.75, 3.05) is 7.05 Å². The first-order chi connectivity index (χ1) is 5.60. The third-order valence-corrected chi connectivity index (χ3v) is 0.926. The molecule has 0 aliphatic rings. The van der Waals surface area contributed by atoms with E-state index in [1.165, 1.54) is 14.0 Å². The molecule has 0 aromatic rings. The van der Waals surface area contributed by atoms with Crippen molar-refractivity contribution in [2.45, 2.75) is 13.2 Å². The van der Waals surface area contributed by atoms with E-state index in [2.05, 4.69) is 21.4 Å². The Morgan fingerprint density at radius 1 is 1.50 bits per heavy atom. The van der Waals surface area contributed by atoms with E-state index in [-0.39, 0.29) is 0 Å². The van der Waals surface area contributed by atoms with Gasteiger partial charge in [0.05, 0.1) is 0 Å². The van der Waals surface area contributed by atoms with Gasteiger partial charge in [0.1, 0.15) is 0 Å². The number of carbonyl (C=O) groups is 2. The Morgan fingerprint density at radius 2 is 2.08 bits per heavy atom. The van der Waals surface area contributed by atoms with Crippen molar-refractivity contribution in [3.8, 4) is 0 Å². The molecule has 0 aliphatic heterocycles. The summed E-state index contributed by atoms with van der Waals surface area (Å²) in [5, 5.41) is 2.21. The van der Waals surface area contributed by atoms with E-state index in [1.54, 1.807) is 0 Å². The predicted octanol–water partition coefficient (Wildman–Crippen LogP) is 0.418. The van der Waals surface area contributed by atoms with Gasteiger partial charge in [0.25, 0.3) is 0 Å². The molecule has 5 heteroatoms. The van der Waals surface area contributed by atoms with E-state index in [4.69, 9.17) is 0 Å². The highest BCUT2D eigenvalue weighted by molar-refractivity contribution is 5.81. The van der Waals surface area contributed by atoms with Crippen LogP contribution < -0.4 is 5.32 Å². The maximum absolute atomic E-state index is 10.5. The maximum atomic E-state index is 10.5. The molecule has 0 aromatic carbocycles. The minimum Gasteiger partial charge on any atom is -0.422 e. The van der Waals surface area contributed by atoms with Crippen molar-refractivity contribution < 1.29 is 19.1 Å². The predicted molar refractivity (Wildman–Crippen MR) is 41.3 cm³/mol. The molecule has 1 atom stereocenters. The van der Waals surface area contributed by atoms with Crippen LogP contribution in [0.1, 0.15) is 6.92 Å². The van der Waals surface area contributed by atoms with E-state index in [0.29, 0.717) is 0 Å². The van der Waals surface area contributed by atoms with Crippen molar-refractivity contribution in [3.05, 3.63) is 12.7 Å². The third-order valence-electron chi connectivity index (χ3n) is 0.926. The standard InChI is InChI=1S/C7H11NO4/c1-4-6(9)11-5(2)12-7(10)8-3/h4-5H,1H2,2-3H3,(H,8,10). The van der Waals surface area contributed by atoms with Crippen LogP contribution in [-0.4, -0.2) is 25.4 Å². The van der Waals surface area contributed by atoms with Crippen LogP contribution in [0.5, 0.6) is 0 Å². The molecular weight excluding hydrogens is 162 g/mol. The molecule has 12 heavy (non-hydrogen) atoms. The molecule has 0 aromatic heterocycles. The van der Waals surface area contributed by atoms with Crippen LogP contribution in [0, 0.1) is 0 Å². The molecule has 0 spiro atoms. The Hall–Kier alpha value is -1.52. The minimum absolute atomic E-state index is 0.633. The Bertz CT molecular complexity index is 190. The number of hydrogen-bond acceptors (Lipinski definition) is 4. The number of alkyl carbamates (subject to hydrolysis) is 1. The summed E-state index contributed by atoms with van der Waals surface area (Å²) in [5.41, 5.74) is 0. The molecule has 0 aliphatic carbocycles. The molecule has 1 amide bonds. The second-order valence-electron chi connectivity index (χ2n) is 1.86. The van der Waals surface area contributed by atoms with Crippen molar-refractivity contribution in [3.63, 3.8) is 0 Å². The number of ether oxygens (including phenoxy) is 2. The fourth-order valence-corrected chi connectivity index (χ4v) is 0.445. The third kappa shape index (κ3) is 4.32. The van der Waals surface area contributed by atoms with E-state index in [9.17, 15) is 9.59 Å². The van der Waals surface area contributed by atoms with Gasteiger partial charge in [0.2, 0.25) is 6.29 Å². The monoisotopic (exact) mass is 173 g/mol. The summed E-state index contributed by atoms with van der Waals surface area (Å²) in [6.07, 6.45) is -0.571. The average Bonchev–Trinajstić information content (AvgIpc) is 2.03. The lowest BCUT2D eigenvalue weighted by Crippen LogP contribution is -2.27. The summed E-state index contributed by atoms with van der Waals surface area (Å²) < 4.78 is 9.06. The number of nitrogens with one attached hydrogen (secondary N) is 1. The zero-order valence-corrected chi connectivity index (χ0v) is 6.99. The zero-order valence-electron chi connectivity index (χ0n) is 6.99. The normalized spacial score (nSPS) is 11.2. The summed E-state index contributed by atoms with van der Waals surface area (Å²) in [7, 11) is 1.41. The van der Waals surface area contributed by atoms with Crippen LogP contribution in [0.25, 0.3) is 0 Å². The molecule has 0 radical (unpaired) electrons. The van der Waals surface area contributed by atoms with Gasteiger partial charge in [0.15, 0.2) is 0 Å². The first-order valence-electron chi connectivity index (χ1n) is 3.31. The number of hydrogen-bond donors (Lipinski definition) is 1. The smallest absolute Gasteiger partial charge is 0.409 e. The zero-order chi connectivity index (χ0) is 9.56. The number of rotatable bonds is 3. The summed E-state index contributed by atoms with van der Waals surface area (Å²) in [6.45, 7) is 4.61. The van der Waals surface area contributed by atoms with Crippen LogP contribution in [0.3, 0.4) is 0 Å². The Balaban J connectivity index is 3.73. The Labute approximate surface area is 70.3 Å². The second kappa shape index (κ2) is 5.17. The molecule has 0 saturated carbocycles. The van der Waals surface area contributed by atoms with Crippen molar-refractivity contribution >= 4 is 12.1 Å². The van der Waals surface area contributed by atoms with Crippen LogP contribution in [0.2, 0.25) is 0 Å². The minimum atomic E-state index is -0.907. The lowest BCUT2D eigenvalue weighted by Gasteiger charge is -2.11. The van der Waals surface area contributed by atoms with Gasteiger partial charge in [-0.15, -0.1) is 0 Å². The number of amides is 1. The fraction of sp³-hybridized carbons (Fsp3) is 0.429. The molecule has 0 rings (SSSR count). The average molecular weight is 173 g/mol. The molecule has 0 saturated heterocycles. The lowest BCUT2D eigenvalue weighted by molar-refractivity contribution is -0.158. The molecular formula is C7H11NO4. The van der Waals surface area contributed by atoms with Gasteiger partial charge in [0, 0.05) is 20.0 Å². The topological polar surface area (TPSA) is 64.6 Å². The SMILES string of the molecule is C=CC(=O)OC(C)OC(=O)NC. The second-order valence-corrected chi connectivity index (χ2v) is 1.86. The first kappa shape index (κ1) is 10.5. The van der Waals surface area contributed by atoms with Crippen molar-refractivity contribution in [1.82, 2.24) is 5.32 Å². The highest BCUT2D eigenvalue weighted by atomic mass is 16.7. The van der Waals surface area contributed by atoms with Gasteiger partial charge < -0.3 is 14.8 Å².